The summed E-state index contributed by atoms with van der Waals surface area (Å²) in [5, 5.41) is 11.5. The number of benzene rings is 2. The molecule has 0 bridgehead atoms. The van der Waals surface area contributed by atoms with Crippen molar-refractivity contribution in [2.45, 2.75) is 58.6 Å². The highest BCUT2D eigenvalue weighted by molar-refractivity contribution is 5.84. The van der Waals surface area contributed by atoms with Gasteiger partial charge in [-0.2, -0.15) is 0 Å². The van der Waals surface area contributed by atoms with Crippen molar-refractivity contribution in [3.05, 3.63) is 42.0 Å². The van der Waals surface area contributed by atoms with E-state index in [0.717, 1.165) is 30.4 Å². The monoisotopic (exact) mass is 395 g/mol. The van der Waals surface area contributed by atoms with Crippen LogP contribution in [0.4, 0.5) is 0 Å². The van der Waals surface area contributed by atoms with Gasteiger partial charge in [0, 0.05) is 19.1 Å². The number of nitrogens with zero attached hydrogens (tertiary/aromatic N) is 1. The van der Waals surface area contributed by atoms with Gasteiger partial charge in [-0.3, -0.25) is 9.69 Å². The Morgan fingerprint density at radius 2 is 1.66 bits per heavy atom. The van der Waals surface area contributed by atoms with Crippen LogP contribution in [0.1, 0.15) is 58.1 Å². The van der Waals surface area contributed by atoms with Gasteiger partial charge in [0.15, 0.2) is 0 Å². The first-order chi connectivity index (χ1) is 13.9. The third-order valence-corrected chi connectivity index (χ3v) is 7.09. The highest BCUT2D eigenvalue weighted by Crippen LogP contribution is 2.34. The summed E-state index contributed by atoms with van der Waals surface area (Å²) in [5.74, 6) is 1.70. The van der Waals surface area contributed by atoms with Crippen molar-refractivity contribution >= 4 is 16.7 Å². The quantitative estimate of drug-likeness (QED) is 0.700. The second kappa shape index (κ2) is 8.35. The Labute approximate surface area is 173 Å². The molecule has 2 aromatic carbocycles. The van der Waals surface area contributed by atoms with E-state index < -0.39 is 5.97 Å². The molecule has 2 aliphatic rings. The normalized spacial score (nSPS) is 24.4. The van der Waals surface area contributed by atoms with Gasteiger partial charge in [-0.15, -0.1) is 0 Å². The Morgan fingerprint density at radius 1 is 1.00 bits per heavy atom. The van der Waals surface area contributed by atoms with Gasteiger partial charge in [-0.1, -0.05) is 32.0 Å². The van der Waals surface area contributed by atoms with Crippen LogP contribution in [-0.2, 0) is 4.79 Å². The molecule has 1 heterocycles. The minimum absolute atomic E-state index is 0.215. The molecule has 2 fully saturated rings. The summed E-state index contributed by atoms with van der Waals surface area (Å²) >= 11 is 0. The smallest absolute Gasteiger partial charge is 0.309 e. The van der Waals surface area contributed by atoms with Crippen molar-refractivity contribution in [1.29, 1.82) is 0 Å². The molecule has 1 aliphatic heterocycles. The molecule has 156 valence electrons. The maximum absolute atomic E-state index is 11.0. The lowest BCUT2D eigenvalue weighted by molar-refractivity contribution is -0.148. The molecule has 0 aromatic heterocycles. The molecular formula is C25H33NO3. The molecular weight excluding hydrogens is 362 g/mol. The zero-order valence-electron chi connectivity index (χ0n) is 17.8. The third kappa shape index (κ3) is 4.42. The minimum Gasteiger partial charge on any atom is -0.490 e. The van der Waals surface area contributed by atoms with Crippen LogP contribution in [0.15, 0.2) is 36.4 Å². The molecule has 4 nitrogen and oxygen atoms in total. The van der Waals surface area contributed by atoms with E-state index in [9.17, 15) is 4.79 Å². The number of ether oxygens (including phenoxy) is 1. The highest BCUT2D eigenvalue weighted by Gasteiger charge is 2.35. The van der Waals surface area contributed by atoms with Crippen molar-refractivity contribution in [3.63, 3.8) is 0 Å². The summed E-state index contributed by atoms with van der Waals surface area (Å²) in [7, 11) is 0. The first-order valence-electron chi connectivity index (χ1n) is 11.1. The lowest BCUT2D eigenvalue weighted by Crippen LogP contribution is -2.51. The average Bonchev–Trinajstić information content (AvgIpc) is 2.66. The van der Waals surface area contributed by atoms with Crippen molar-refractivity contribution in [3.8, 4) is 5.75 Å². The van der Waals surface area contributed by atoms with E-state index in [1.807, 2.05) is 0 Å². The van der Waals surface area contributed by atoms with E-state index in [1.54, 1.807) is 0 Å². The topological polar surface area (TPSA) is 49.8 Å². The molecule has 1 saturated carbocycles. The highest BCUT2D eigenvalue weighted by atomic mass is 16.5. The van der Waals surface area contributed by atoms with Crippen molar-refractivity contribution < 1.29 is 14.6 Å². The number of likely N-dealkylation sites (tertiary alicyclic amines) is 1. The molecule has 4 heteroatoms. The third-order valence-electron chi connectivity index (χ3n) is 7.09. The van der Waals surface area contributed by atoms with Crippen LogP contribution < -0.4 is 4.74 Å². The Balaban J connectivity index is 1.39. The van der Waals surface area contributed by atoms with E-state index in [-0.39, 0.29) is 12.0 Å². The molecule has 4 rings (SSSR count). The second-order valence-electron chi connectivity index (χ2n) is 9.33. The second-order valence-corrected chi connectivity index (χ2v) is 9.33. The molecule has 2 aromatic rings. The number of carboxylic acid groups (broad SMARTS) is 1. The van der Waals surface area contributed by atoms with Crippen LogP contribution in [0.3, 0.4) is 0 Å². The SMILES string of the molecule is CC(C)C1CCC(Oc2ccc3cc(C(C)N4CC(C(=O)O)C4)ccc3c2)CC1. The number of fused-ring (bicyclic) bond motifs is 1. The number of carboxylic acids is 1. The van der Waals surface area contributed by atoms with E-state index in [0.29, 0.717) is 19.2 Å². The number of hydrogen-bond acceptors (Lipinski definition) is 3. The molecule has 0 spiro atoms. The summed E-state index contributed by atoms with van der Waals surface area (Å²) in [6.45, 7) is 8.10. The van der Waals surface area contributed by atoms with Gasteiger partial charge in [-0.05, 0) is 79.0 Å². The molecule has 1 N–H and O–H groups in total. The van der Waals surface area contributed by atoms with E-state index in [4.69, 9.17) is 9.84 Å². The van der Waals surface area contributed by atoms with Crippen molar-refractivity contribution in [2.75, 3.05) is 13.1 Å². The summed E-state index contributed by atoms with van der Waals surface area (Å²) in [6, 6.07) is 13.2. The van der Waals surface area contributed by atoms with Crippen LogP contribution in [0.25, 0.3) is 10.8 Å². The summed E-state index contributed by atoms with van der Waals surface area (Å²) < 4.78 is 6.30. The maximum Gasteiger partial charge on any atom is 0.309 e. The summed E-state index contributed by atoms with van der Waals surface area (Å²) in [4.78, 5) is 13.3. The van der Waals surface area contributed by atoms with Crippen molar-refractivity contribution in [2.24, 2.45) is 17.8 Å². The van der Waals surface area contributed by atoms with Crippen LogP contribution in [0, 0.1) is 17.8 Å². The van der Waals surface area contributed by atoms with E-state index in [2.05, 4.69) is 62.1 Å². The van der Waals surface area contributed by atoms with E-state index in [1.165, 1.54) is 29.2 Å². The number of carbonyl (C=O) groups is 1. The number of aliphatic carboxylic acids is 1. The Morgan fingerprint density at radius 3 is 2.31 bits per heavy atom. The first kappa shape index (κ1) is 20.2. The van der Waals surface area contributed by atoms with Gasteiger partial charge < -0.3 is 9.84 Å². The number of rotatable bonds is 6. The zero-order chi connectivity index (χ0) is 20.5. The fourth-order valence-electron chi connectivity index (χ4n) is 4.84. The first-order valence-corrected chi connectivity index (χ1v) is 11.1. The van der Waals surface area contributed by atoms with Gasteiger partial charge in [0.1, 0.15) is 5.75 Å². The van der Waals surface area contributed by atoms with Crippen LogP contribution in [0.2, 0.25) is 0 Å². The summed E-state index contributed by atoms with van der Waals surface area (Å²) in [5.41, 5.74) is 1.24. The van der Waals surface area contributed by atoms with Crippen LogP contribution in [-0.4, -0.2) is 35.2 Å². The molecule has 0 amide bonds. The minimum atomic E-state index is -0.683. The molecule has 1 aliphatic carbocycles. The summed E-state index contributed by atoms with van der Waals surface area (Å²) in [6.07, 6.45) is 5.21. The predicted molar refractivity (Wildman–Crippen MR) is 116 cm³/mol. The zero-order valence-corrected chi connectivity index (χ0v) is 17.8. The largest absolute Gasteiger partial charge is 0.490 e. The van der Waals surface area contributed by atoms with Crippen molar-refractivity contribution in [1.82, 2.24) is 4.90 Å². The fourth-order valence-corrected chi connectivity index (χ4v) is 4.84. The van der Waals surface area contributed by atoms with Gasteiger partial charge in [0.05, 0.1) is 12.0 Å². The Hall–Kier alpha value is -2.07. The predicted octanol–water partition coefficient (Wildman–Crippen LogP) is 5.51. The average molecular weight is 396 g/mol. The lowest BCUT2D eigenvalue weighted by atomic mass is 9.80. The Bertz CT molecular complexity index is 863. The van der Waals surface area contributed by atoms with Gasteiger partial charge in [-0.25, -0.2) is 0 Å². The Kier molecular flexibility index (Phi) is 5.82. The molecule has 1 unspecified atom stereocenters. The molecule has 29 heavy (non-hydrogen) atoms. The number of hydrogen-bond donors (Lipinski definition) is 1. The lowest BCUT2D eigenvalue weighted by Gasteiger charge is -2.41. The van der Waals surface area contributed by atoms with Gasteiger partial charge >= 0.3 is 5.97 Å². The standard InChI is InChI=1S/C25H33NO3/c1-16(2)18-6-9-23(10-7-18)29-24-11-8-20-12-19(4-5-21(20)13-24)17(3)26-14-22(15-26)25(27)28/h4-5,8,11-13,16-18,22-23H,6-7,9-10,14-15H2,1-3H3,(H,27,28). The van der Waals surface area contributed by atoms with Crippen LogP contribution >= 0.6 is 0 Å². The fraction of sp³-hybridized carbons (Fsp3) is 0.560. The molecule has 1 atom stereocenters. The van der Waals surface area contributed by atoms with E-state index >= 15 is 0 Å². The van der Waals surface area contributed by atoms with Gasteiger partial charge in [0.25, 0.3) is 0 Å². The molecule has 0 radical (unpaired) electrons. The van der Waals surface area contributed by atoms with Gasteiger partial charge in [0.2, 0.25) is 0 Å². The molecule has 1 saturated heterocycles. The maximum atomic E-state index is 11.0. The van der Waals surface area contributed by atoms with Crippen LogP contribution in [0.5, 0.6) is 5.75 Å².